The summed E-state index contributed by atoms with van der Waals surface area (Å²) in [5.41, 5.74) is 1.39. The molecule has 0 saturated heterocycles. The molecule has 0 aliphatic heterocycles. The number of hydrogen-bond acceptors (Lipinski definition) is 3. The first kappa shape index (κ1) is 23.7. The molecule has 2 rings (SSSR count). The van der Waals surface area contributed by atoms with Crippen LogP contribution < -0.4 is 16.0 Å². The summed E-state index contributed by atoms with van der Waals surface area (Å²) in [4.78, 5) is 16.4. The Morgan fingerprint density at radius 1 is 1.07 bits per heavy atom. The maximum Gasteiger partial charge on any atom is 0.251 e. The summed E-state index contributed by atoms with van der Waals surface area (Å²) in [5, 5.41) is 18.3. The van der Waals surface area contributed by atoms with Crippen LogP contribution in [0, 0.1) is 5.82 Å². The molecule has 4 N–H and O–H groups in total. The maximum absolute atomic E-state index is 13.2. The zero-order chi connectivity index (χ0) is 19.5. The highest BCUT2D eigenvalue weighted by Crippen LogP contribution is 2.09. The van der Waals surface area contributed by atoms with Gasteiger partial charge in [-0.1, -0.05) is 12.1 Å². The molecular weight excluding hydrogens is 474 g/mol. The van der Waals surface area contributed by atoms with Gasteiger partial charge in [-0.2, -0.15) is 0 Å². The van der Waals surface area contributed by atoms with E-state index in [-0.39, 0.29) is 41.5 Å². The number of hydrogen-bond donors (Lipinski definition) is 4. The zero-order valence-electron chi connectivity index (χ0n) is 15.7. The Labute approximate surface area is 181 Å². The van der Waals surface area contributed by atoms with Gasteiger partial charge in [0, 0.05) is 31.7 Å². The van der Waals surface area contributed by atoms with E-state index in [9.17, 15) is 14.3 Å². The third-order valence-corrected chi connectivity index (χ3v) is 3.74. The van der Waals surface area contributed by atoms with Crippen LogP contribution >= 0.6 is 24.0 Å². The highest BCUT2D eigenvalue weighted by molar-refractivity contribution is 14.0. The van der Waals surface area contributed by atoms with Crippen molar-refractivity contribution in [3.63, 3.8) is 0 Å². The van der Waals surface area contributed by atoms with E-state index in [1.807, 2.05) is 13.0 Å². The van der Waals surface area contributed by atoms with Crippen LogP contribution in [0.3, 0.4) is 0 Å². The lowest BCUT2D eigenvalue weighted by Crippen LogP contribution is -2.41. The number of benzene rings is 2. The summed E-state index contributed by atoms with van der Waals surface area (Å²) in [6.45, 7) is 4.14. The van der Waals surface area contributed by atoms with Gasteiger partial charge in [0.2, 0.25) is 0 Å². The van der Waals surface area contributed by atoms with Crippen molar-refractivity contribution in [3.8, 4) is 5.75 Å². The molecule has 8 heteroatoms. The minimum atomic E-state index is -0.245. The lowest BCUT2D eigenvalue weighted by atomic mass is 10.1. The van der Waals surface area contributed by atoms with E-state index in [2.05, 4.69) is 20.9 Å². The first-order chi connectivity index (χ1) is 13.1. The van der Waals surface area contributed by atoms with E-state index < -0.39 is 0 Å². The zero-order valence-corrected chi connectivity index (χ0v) is 18.1. The monoisotopic (exact) mass is 500 g/mol. The highest BCUT2D eigenvalue weighted by atomic mass is 127. The van der Waals surface area contributed by atoms with E-state index in [0.29, 0.717) is 44.1 Å². The fraction of sp³-hybridized carbons (Fsp3) is 0.300. The van der Waals surface area contributed by atoms with Crippen LogP contribution in [0.2, 0.25) is 0 Å². The van der Waals surface area contributed by atoms with Gasteiger partial charge >= 0.3 is 0 Å². The van der Waals surface area contributed by atoms with Crippen LogP contribution in [0.4, 0.5) is 4.39 Å². The number of carbonyl (C=O) groups excluding carboxylic acids is 1. The normalized spacial score (nSPS) is 10.7. The van der Waals surface area contributed by atoms with Gasteiger partial charge in [0.1, 0.15) is 11.6 Å². The number of amides is 1. The molecule has 0 fully saturated rings. The average molecular weight is 500 g/mol. The van der Waals surface area contributed by atoms with Crippen LogP contribution in [0.5, 0.6) is 5.75 Å². The van der Waals surface area contributed by atoms with Crippen LogP contribution in [0.1, 0.15) is 22.8 Å². The summed E-state index contributed by atoms with van der Waals surface area (Å²) < 4.78 is 13.2. The number of nitrogens with one attached hydrogen (secondary N) is 3. The molecule has 28 heavy (non-hydrogen) atoms. The minimum Gasteiger partial charge on any atom is -0.508 e. The molecule has 0 saturated carbocycles. The van der Waals surface area contributed by atoms with Crippen molar-refractivity contribution >= 4 is 35.8 Å². The molecule has 0 atom stereocenters. The molecule has 0 aromatic heterocycles. The third kappa shape index (κ3) is 8.55. The fourth-order valence-electron chi connectivity index (χ4n) is 2.40. The van der Waals surface area contributed by atoms with Crippen molar-refractivity contribution in [1.29, 1.82) is 0 Å². The molecule has 0 unspecified atom stereocenters. The van der Waals surface area contributed by atoms with Gasteiger partial charge < -0.3 is 21.1 Å². The van der Waals surface area contributed by atoms with Crippen molar-refractivity contribution < 1.29 is 14.3 Å². The van der Waals surface area contributed by atoms with Crippen molar-refractivity contribution in [1.82, 2.24) is 16.0 Å². The van der Waals surface area contributed by atoms with Crippen LogP contribution in [0.25, 0.3) is 0 Å². The molecule has 152 valence electrons. The number of nitrogens with zero attached hydrogens (tertiary/aromatic N) is 1. The van der Waals surface area contributed by atoms with Crippen molar-refractivity contribution in [2.45, 2.75) is 13.3 Å². The largest absolute Gasteiger partial charge is 0.508 e. The van der Waals surface area contributed by atoms with Crippen LogP contribution in [-0.4, -0.2) is 43.2 Å². The molecule has 0 aliphatic carbocycles. The lowest BCUT2D eigenvalue weighted by molar-refractivity contribution is 0.0954. The SMILES string of the molecule is CCNC(=NCCc1cccc(F)c1)NCCNC(=O)c1ccc(O)cc1.I. The molecule has 0 aliphatic rings. The lowest BCUT2D eigenvalue weighted by Gasteiger charge is -2.12. The van der Waals surface area contributed by atoms with E-state index in [4.69, 9.17) is 0 Å². The molecule has 2 aromatic rings. The van der Waals surface area contributed by atoms with E-state index >= 15 is 0 Å². The minimum absolute atomic E-state index is 0. The van der Waals surface area contributed by atoms with Gasteiger partial charge in [0.05, 0.1) is 0 Å². The Morgan fingerprint density at radius 3 is 2.46 bits per heavy atom. The molecule has 6 nitrogen and oxygen atoms in total. The Balaban J connectivity index is 0.00000392. The highest BCUT2D eigenvalue weighted by Gasteiger charge is 2.04. The van der Waals surface area contributed by atoms with Gasteiger partial charge in [0.25, 0.3) is 5.91 Å². The Morgan fingerprint density at radius 2 is 1.79 bits per heavy atom. The molecule has 0 heterocycles. The number of aliphatic imine (C=N–C) groups is 1. The number of guanidine groups is 1. The third-order valence-electron chi connectivity index (χ3n) is 3.74. The molecule has 2 aromatic carbocycles. The van der Waals surface area contributed by atoms with Crippen LogP contribution in [-0.2, 0) is 6.42 Å². The van der Waals surface area contributed by atoms with E-state index in [1.165, 1.54) is 24.3 Å². The van der Waals surface area contributed by atoms with E-state index in [0.717, 1.165) is 5.56 Å². The Kier molecular flexibility index (Phi) is 10.9. The van der Waals surface area contributed by atoms with Gasteiger partial charge in [-0.05, 0) is 55.3 Å². The van der Waals surface area contributed by atoms with Gasteiger partial charge in [-0.15, -0.1) is 24.0 Å². The number of aromatic hydroxyl groups is 1. The van der Waals surface area contributed by atoms with Crippen molar-refractivity contribution in [2.75, 3.05) is 26.2 Å². The summed E-state index contributed by atoms with van der Waals surface area (Å²) in [6, 6.07) is 12.6. The number of phenolic OH excluding ortho intramolecular Hbond substituents is 1. The van der Waals surface area contributed by atoms with Crippen LogP contribution in [0.15, 0.2) is 53.5 Å². The maximum atomic E-state index is 13.2. The molecular formula is C20H26FIN4O2. The predicted molar refractivity (Wildman–Crippen MR) is 120 cm³/mol. The second-order valence-electron chi connectivity index (χ2n) is 5.87. The quantitative estimate of drug-likeness (QED) is 0.194. The predicted octanol–water partition coefficient (Wildman–Crippen LogP) is 2.68. The number of carbonyl (C=O) groups is 1. The molecule has 1 amide bonds. The summed E-state index contributed by atoms with van der Waals surface area (Å²) >= 11 is 0. The summed E-state index contributed by atoms with van der Waals surface area (Å²) in [7, 11) is 0. The number of halogens is 2. The van der Waals surface area contributed by atoms with Gasteiger partial charge in [-0.25, -0.2) is 4.39 Å². The Bertz CT molecular complexity index is 769. The smallest absolute Gasteiger partial charge is 0.251 e. The number of rotatable bonds is 8. The van der Waals surface area contributed by atoms with Gasteiger partial charge in [0.15, 0.2) is 5.96 Å². The molecule has 0 spiro atoms. The van der Waals surface area contributed by atoms with Crippen molar-refractivity contribution in [2.24, 2.45) is 4.99 Å². The van der Waals surface area contributed by atoms with Crippen molar-refractivity contribution in [3.05, 3.63) is 65.5 Å². The summed E-state index contributed by atoms with van der Waals surface area (Å²) in [6.07, 6.45) is 0.645. The standard InChI is InChI=1S/C20H25FN4O2.HI/c1-2-22-20(24-11-10-15-4-3-5-17(21)14-15)25-13-12-23-19(27)16-6-8-18(26)9-7-16;/h3-9,14,26H,2,10-13H2,1H3,(H,23,27)(H2,22,24,25);1H. The average Bonchev–Trinajstić information content (AvgIpc) is 2.65. The topological polar surface area (TPSA) is 85.8 Å². The summed E-state index contributed by atoms with van der Waals surface area (Å²) in [5.74, 6) is 0.321. The second-order valence-corrected chi connectivity index (χ2v) is 5.87. The van der Waals surface area contributed by atoms with E-state index in [1.54, 1.807) is 18.2 Å². The first-order valence-electron chi connectivity index (χ1n) is 8.92. The molecule has 0 radical (unpaired) electrons. The number of phenols is 1. The molecule has 0 bridgehead atoms. The second kappa shape index (κ2) is 12.9. The first-order valence-corrected chi connectivity index (χ1v) is 8.92. The fourth-order valence-corrected chi connectivity index (χ4v) is 2.40. The van der Waals surface area contributed by atoms with Gasteiger partial charge in [-0.3, -0.25) is 9.79 Å². The Hall–Kier alpha value is -2.36.